The Labute approximate surface area is 127 Å². The largest absolute Gasteiger partial charge is 0.356 e. The molecule has 0 bridgehead atoms. The number of nitrogens with zero attached hydrogens (tertiary/aromatic N) is 2. The summed E-state index contributed by atoms with van der Waals surface area (Å²) in [5.74, 6) is 0. The van der Waals surface area contributed by atoms with Gasteiger partial charge < -0.3 is 5.32 Å². The van der Waals surface area contributed by atoms with Crippen LogP contribution in [-0.4, -0.2) is 29.3 Å². The van der Waals surface area contributed by atoms with Gasteiger partial charge in [0, 0.05) is 5.39 Å². The third-order valence-corrected chi connectivity index (χ3v) is 3.25. The molecule has 0 fully saturated rings. The molecule has 3 N–H and O–H groups in total. The standard InChI is InChI=1S/C15H15N5O2/c1-10-9-20(15(22)18-17-10)19-14(21)16-13-8-4-6-11-5-2-3-7-12(11)13/h2-8H,9H2,1H3,(H,18,22)(H2,16,19,21). The quantitative estimate of drug-likeness (QED) is 0.794. The van der Waals surface area contributed by atoms with Crippen LogP contribution in [-0.2, 0) is 0 Å². The minimum absolute atomic E-state index is 0.245. The van der Waals surface area contributed by atoms with Crippen molar-refractivity contribution in [2.75, 3.05) is 11.9 Å². The summed E-state index contributed by atoms with van der Waals surface area (Å²) in [5, 5.41) is 9.68. The van der Waals surface area contributed by atoms with E-state index < -0.39 is 12.1 Å². The summed E-state index contributed by atoms with van der Waals surface area (Å²) < 4.78 is 0. The Balaban J connectivity index is 1.74. The number of fused-ring (bicyclic) bond motifs is 1. The zero-order valence-corrected chi connectivity index (χ0v) is 12.0. The number of anilines is 1. The van der Waals surface area contributed by atoms with Crippen molar-refractivity contribution in [3.05, 3.63) is 42.5 Å². The molecular formula is C15H15N5O2. The molecule has 0 aliphatic carbocycles. The van der Waals surface area contributed by atoms with E-state index in [1.165, 1.54) is 5.01 Å². The lowest BCUT2D eigenvalue weighted by Crippen LogP contribution is -2.55. The van der Waals surface area contributed by atoms with Gasteiger partial charge in [0.25, 0.3) is 0 Å². The van der Waals surface area contributed by atoms with E-state index in [1.54, 1.807) is 6.92 Å². The number of benzene rings is 2. The van der Waals surface area contributed by atoms with Crippen LogP contribution in [0.15, 0.2) is 47.6 Å². The number of hydrazone groups is 1. The number of carbonyl (C=O) groups is 2. The van der Waals surface area contributed by atoms with Crippen molar-refractivity contribution in [2.45, 2.75) is 6.92 Å². The lowest BCUT2D eigenvalue weighted by molar-refractivity contribution is 0.177. The van der Waals surface area contributed by atoms with Gasteiger partial charge in [0.05, 0.1) is 17.9 Å². The molecular weight excluding hydrogens is 282 g/mol. The van der Waals surface area contributed by atoms with Gasteiger partial charge >= 0.3 is 12.1 Å². The molecule has 1 heterocycles. The van der Waals surface area contributed by atoms with Gasteiger partial charge in [-0.15, -0.1) is 0 Å². The maximum atomic E-state index is 12.1. The molecule has 3 rings (SSSR count). The Bertz CT molecular complexity index is 766. The summed E-state index contributed by atoms with van der Waals surface area (Å²) in [6, 6.07) is 12.4. The summed E-state index contributed by atoms with van der Waals surface area (Å²) >= 11 is 0. The van der Waals surface area contributed by atoms with Crippen LogP contribution in [0, 0.1) is 0 Å². The predicted molar refractivity (Wildman–Crippen MR) is 84.4 cm³/mol. The van der Waals surface area contributed by atoms with Crippen LogP contribution in [0.2, 0.25) is 0 Å². The van der Waals surface area contributed by atoms with Crippen LogP contribution in [0.1, 0.15) is 6.92 Å². The van der Waals surface area contributed by atoms with E-state index in [1.807, 2.05) is 42.5 Å². The molecule has 7 nitrogen and oxygen atoms in total. The number of hydrogen-bond donors (Lipinski definition) is 3. The van der Waals surface area contributed by atoms with Crippen molar-refractivity contribution in [3.8, 4) is 0 Å². The van der Waals surface area contributed by atoms with Crippen LogP contribution >= 0.6 is 0 Å². The zero-order chi connectivity index (χ0) is 15.5. The molecule has 22 heavy (non-hydrogen) atoms. The van der Waals surface area contributed by atoms with Gasteiger partial charge in [-0.1, -0.05) is 36.4 Å². The van der Waals surface area contributed by atoms with Gasteiger partial charge in [-0.05, 0) is 18.4 Å². The second kappa shape index (κ2) is 5.72. The Hall–Kier alpha value is -3.09. The number of nitrogens with one attached hydrogen (secondary N) is 3. The minimum atomic E-state index is -0.485. The summed E-state index contributed by atoms with van der Waals surface area (Å²) in [6.45, 7) is 2.01. The molecule has 0 unspecified atom stereocenters. The van der Waals surface area contributed by atoms with Crippen molar-refractivity contribution in [3.63, 3.8) is 0 Å². The Morgan fingerprint density at radius 3 is 2.86 bits per heavy atom. The van der Waals surface area contributed by atoms with Crippen LogP contribution in [0.25, 0.3) is 10.8 Å². The van der Waals surface area contributed by atoms with Crippen molar-refractivity contribution in [1.82, 2.24) is 15.9 Å². The highest BCUT2D eigenvalue weighted by Gasteiger charge is 2.20. The molecule has 2 aromatic rings. The van der Waals surface area contributed by atoms with E-state index in [0.717, 1.165) is 10.8 Å². The van der Waals surface area contributed by atoms with E-state index in [2.05, 4.69) is 21.3 Å². The molecule has 0 atom stereocenters. The summed E-state index contributed by atoms with van der Waals surface area (Å²) in [6.07, 6.45) is 0. The normalized spacial score (nSPS) is 14.3. The topological polar surface area (TPSA) is 85.8 Å². The average Bonchev–Trinajstić information content (AvgIpc) is 2.51. The van der Waals surface area contributed by atoms with Gasteiger partial charge in [-0.3, -0.25) is 0 Å². The van der Waals surface area contributed by atoms with Crippen molar-refractivity contribution >= 4 is 34.2 Å². The monoisotopic (exact) mass is 297 g/mol. The predicted octanol–water partition coefficient (Wildman–Crippen LogP) is 2.28. The maximum Gasteiger partial charge on any atom is 0.356 e. The number of hydrogen-bond acceptors (Lipinski definition) is 3. The highest BCUT2D eigenvalue weighted by atomic mass is 16.2. The third-order valence-electron chi connectivity index (χ3n) is 3.25. The van der Waals surface area contributed by atoms with Crippen LogP contribution in [0.3, 0.4) is 0 Å². The summed E-state index contributed by atoms with van der Waals surface area (Å²) in [5.41, 5.74) is 6.19. The minimum Gasteiger partial charge on any atom is -0.306 e. The smallest absolute Gasteiger partial charge is 0.306 e. The highest BCUT2D eigenvalue weighted by molar-refractivity contribution is 6.02. The number of hydrazine groups is 1. The molecule has 2 aromatic carbocycles. The number of urea groups is 2. The molecule has 0 spiro atoms. The second-order valence-corrected chi connectivity index (χ2v) is 4.94. The number of carbonyl (C=O) groups excluding carboxylic acids is 2. The van der Waals surface area contributed by atoms with Crippen LogP contribution in [0.5, 0.6) is 0 Å². The molecule has 1 aliphatic heterocycles. The average molecular weight is 297 g/mol. The SMILES string of the molecule is CC1=NNC(=O)N(NC(=O)Nc2cccc3ccccc23)C1. The fraction of sp³-hybridized carbons (Fsp3) is 0.133. The van der Waals surface area contributed by atoms with Crippen molar-refractivity contribution in [1.29, 1.82) is 0 Å². The molecule has 112 valence electrons. The van der Waals surface area contributed by atoms with Gasteiger partial charge in [-0.2, -0.15) is 5.10 Å². The Morgan fingerprint density at radius 1 is 1.23 bits per heavy atom. The van der Waals surface area contributed by atoms with Crippen molar-refractivity contribution < 1.29 is 9.59 Å². The lowest BCUT2D eigenvalue weighted by atomic mass is 10.1. The highest BCUT2D eigenvalue weighted by Crippen LogP contribution is 2.22. The summed E-state index contributed by atoms with van der Waals surface area (Å²) in [7, 11) is 0. The fourth-order valence-electron chi connectivity index (χ4n) is 2.24. The van der Waals surface area contributed by atoms with Gasteiger partial charge in [0.2, 0.25) is 0 Å². The van der Waals surface area contributed by atoms with E-state index >= 15 is 0 Å². The third kappa shape index (κ3) is 2.83. The first-order valence-corrected chi connectivity index (χ1v) is 6.79. The first-order chi connectivity index (χ1) is 10.6. The first-order valence-electron chi connectivity index (χ1n) is 6.79. The first kappa shape index (κ1) is 13.9. The van der Waals surface area contributed by atoms with E-state index in [4.69, 9.17) is 0 Å². The van der Waals surface area contributed by atoms with E-state index in [0.29, 0.717) is 11.4 Å². The van der Waals surface area contributed by atoms with Crippen LogP contribution < -0.4 is 16.2 Å². The lowest BCUT2D eigenvalue weighted by Gasteiger charge is -2.25. The molecule has 7 heteroatoms. The van der Waals surface area contributed by atoms with Gasteiger partial charge in [0.15, 0.2) is 0 Å². The molecule has 4 amide bonds. The van der Waals surface area contributed by atoms with Crippen LogP contribution in [0.4, 0.5) is 15.3 Å². The van der Waals surface area contributed by atoms with Gasteiger partial charge in [0.1, 0.15) is 0 Å². The molecule has 0 saturated heterocycles. The molecule has 1 aliphatic rings. The number of amides is 4. The molecule has 0 saturated carbocycles. The fourth-order valence-corrected chi connectivity index (χ4v) is 2.24. The van der Waals surface area contributed by atoms with E-state index in [-0.39, 0.29) is 6.54 Å². The van der Waals surface area contributed by atoms with Gasteiger partial charge in [-0.25, -0.2) is 25.4 Å². The Kier molecular flexibility index (Phi) is 3.61. The number of rotatable bonds is 2. The molecule has 0 aromatic heterocycles. The Morgan fingerprint density at radius 2 is 2.00 bits per heavy atom. The van der Waals surface area contributed by atoms with Crippen molar-refractivity contribution in [2.24, 2.45) is 5.10 Å². The zero-order valence-electron chi connectivity index (χ0n) is 12.0. The van der Waals surface area contributed by atoms with E-state index in [9.17, 15) is 9.59 Å². The second-order valence-electron chi connectivity index (χ2n) is 4.94. The molecule has 0 radical (unpaired) electrons. The maximum absolute atomic E-state index is 12.1. The summed E-state index contributed by atoms with van der Waals surface area (Å²) in [4.78, 5) is 23.7.